The summed E-state index contributed by atoms with van der Waals surface area (Å²) in [5.74, 6) is 0.539. The summed E-state index contributed by atoms with van der Waals surface area (Å²) in [4.78, 5) is 31.0. The van der Waals surface area contributed by atoms with Crippen LogP contribution in [0.25, 0.3) is 28.0 Å². The van der Waals surface area contributed by atoms with Gasteiger partial charge in [0.15, 0.2) is 5.65 Å². The molecular weight excluding hydrogens is 509 g/mol. The fourth-order valence-corrected chi connectivity index (χ4v) is 6.09. The molecule has 0 bridgehead atoms. The lowest BCUT2D eigenvalue weighted by Crippen LogP contribution is -2.62. The maximum absolute atomic E-state index is 15.2. The number of halogens is 1. The average molecular weight is 540 g/mol. The number of hydrogen-bond donors (Lipinski definition) is 1. The van der Waals surface area contributed by atoms with Crippen LogP contribution >= 0.6 is 0 Å². The van der Waals surface area contributed by atoms with Gasteiger partial charge < -0.3 is 14.9 Å². The van der Waals surface area contributed by atoms with E-state index in [1.54, 1.807) is 52.2 Å². The smallest absolute Gasteiger partial charge is 0.254 e. The summed E-state index contributed by atoms with van der Waals surface area (Å²) in [7, 11) is 0. The lowest BCUT2D eigenvalue weighted by atomic mass is 9.97. The van der Waals surface area contributed by atoms with Crippen molar-refractivity contribution in [1.29, 1.82) is 5.26 Å². The summed E-state index contributed by atoms with van der Waals surface area (Å²) in [5.41, 5.74) is 0.701. The average Bonchev–Trinajstić information content (AvgIpc) is 3.59. The molecule has 9 nitrogen and oxygen atoms in total. The van der Waals surface area contributed by atoms with Crippen LogP contribution in [0.2, 0.25) is 0 Å². The molecule has 2 fully saturated rings. The normalized spacial score (nSPS) is 20.6. The van der Waals surface area contributed by atoms with Crippen molar-refractivity contribution < 1.29 is 14.3 Å². The number of benzene rings is 1. The van der Waals surface area contributed by atoms with Crippen LogP contribution in [0, 0.1) is 17.1 Å². The number of fused-ring (bicyclic) bond motifs is 1. The maximum Gasteiger partial charge on any atom is 0.254 e. The number of pyridine rings is 1. The Morgan fingerprint density at radius 1 is 1.07 bits per heavy atom. The van der Waals surface area contributed by atoms with Crippen molar-refractivity contribution >= 4 is 22.8 Å². The van der Waals surface area contributed by atoms with Gasteiger partial charge in [0.25, 0.3) is 5.91 Å². The van der Waals surface area contributed by atoms with Gasteiger partial charge in [-0.15, -0.1) is 0 Å². The number of anilines is 1. The van der Waals surface area contributed by atoms with E-state index < -0.39 is 5.60 Å². The van der Waals surface area contributed by atoms with Crippen molar-refractivity contribution in [2.45, 2.75) is 57.2 Å². The predicted octanol–water partition coefficient (Wildman–Crippen LogP) is 4.22. The summed E-state index contributed by atoms with van der Waals surface area (Å²) in [5, 5.41) is 21.1. The minimum atomic E-state index is -1.28. The van der Waals surface area contributed by atoms with E-state index in [1.807, 2.05) is 13.8 Å². The minimum Gasteiger partial charge on any atom is -0.380 e. The molecule has 0 spiro atoms. The Kier molecular flexibility index (Phi) is 6.47. The van der Waals surface area contributed by atoms with Crippen LogP contribution in [0.5, 0.6) is 0 Å². The Hall–Kier alpha value is -4.36. The molecule has 4 heterocycles. The highest BCUT2D eigenvalue weighted by Gasteiger charge is 2.45. The summed E-state index contributed by atoms with van der Waals surface area (Å²) in [6.45, 7) is 4.92. The minimum absolute atomic E-state index is 0.125. The standard InChI is InChI=1S/C30H30FN7O2/c1-19-16-37(29(39)30(40)10-5-6-11-30)20(2)15-36(19)27-26-23(22-7-3-4-8-24(22)31)17-38(28(26)35-18-34-27)25-13-21(14-32)9-12-33-25/h3-4,7-9,12-13,17-20,40H,5-6,10-11,15-16H2,1-2H3/t19-,20+/m0/s1. The van der Waals surface area contributed by atoms with E-state index in [-0.39, 0.29) is 23.8 Å². The van der Waals surface area contributed by atoms with Crippen molar-refractivity contribution in [1.82, 2.24) is 24.4 Å². The van der Waals surface area contributed by atoms with Crippen LogP contribution in [0.15, 0.2) is 55.1 Å². The van der Waals surface area contributed by atoms with Gasteiger partial charge in [-0.05, 0) is 57.7 Å². The van der Waals surface area contributed by atoms with E-state index in [0.717, 1.165) is 12.8 Å². The third kappa shape index (κ3) is 4.27. The number of piperazine rings is 1. The molecule has 0 unspecified atom stereocenters. The molecule has 1 N–H and O–H groups in total. The molecule has 204 valence electrons. The number of aliphatic hydroxyl groups is 1. The molecule has 3 aromatic heterocycles. The zero-order valence-electron chi connectivity index (χ0n) is 22.5. The van der Waals surface area contributed by atoms with E-state index >= 15 is 4.39 Å². The highest BCUT2D eigenvalue weighted by molar-refractivity contribution is 6.02. The van der Waals surface area contributed by atoms with Gasteiger partial charge in [0.1, 0.15) is 29.4 Å². The number of aromatic nitrogens is 4. The van der Waals surface area contributed by atoms with E-state index in [4.69, 9.17) is 0 Å². The molecule has 1 saturated carbocycles. The van der Waals surface area contributed by atoms with Gasteiger partial charge >= 0.3 is 0 Å². The van der Waals surface area contributed by atoms with Gasteiger partial charge in [0, 0.05) is 48.7 Å². The molecule has 10 heteroatoms. The molecule has 2 aliphatic rings. The van der Waals surface area contributed by atoms with Gasteiger partial charge in [-0.1, -0.05) is 18.2 Å². The van der Waals surface area contributed by atoms with Gasteiger partial charge in [0.2, 0.25) is 0 Å². The zero-order valence-corrected chi connectivity index (χ0v) is 22.5. The number of carbonyl (C=O) groups excluding carboxylic acids is 1. The number of nitriles is 1. The Morgan fingerprint density at radius 2 is 1.85 bits per heavy atom. The zero-order chi connectivity index (χ0) is 28.0. The van der Waals surface area contributed by atoms with Crippen LogP contribution in [0.3, 0.4) is 0 Å². The molecule has 4 aromatic rings. The third-order valence-corrected chi connectivity index (χ3v) is 8.20. The highest BCUT2D eigenvalue weighted by atomic mass is 19.1. The summed E-state index contributed by atoms with van der Waals surface area (Å²) in [6, 6.07) is 11.7. The third-order valence-electron chi connectivity index (χ3n) is 8.20. The lowest BCUT2D eigenvalue weighted by Gasteiger charge is -2.46. The largest absolute Gasteiger partial charge is 0.380 e. The van der Waals surface area contributed by atoms with Gasteiger partial charge in [-0.25, -0.2) is 19.3 Å². The fourth-order valence-electron chi connectivity index (χ4n) is 6.09. The Bertz CT molecular complexity index is 1640. The van der Waals surface area contributed by atoms with E-state index in [9.17, 15) is 15.2 Å². The molecule has 1 aliphatic heterocycles. The molecular formula is C30H30FN7O2. The first-order valence-corrected chi connectivity index (χ1v) is 13.6. The first-order valence-electron chi connectivity index (χ1n) is 13.6. The lowest BCUT2D eigenvalue weighted by molar-refractivity contribution is -0.153. The van der Waals surface area contributed by atoms with Crippen molar-refractivity contribution in [2.75, 3.05) is 18.0 Å². The monoisotopic (exact) mass is 539 g/mol. The van der Waals surface area contributed by atoms with Gasteiger partial charge in [0.05, 0.1) is 17.0 Å². The molecule has 40 heavy (non-hydrogen) atoms. The number of carbonyl (C=O) groups is 1. The summed E-state index contributed by atoms with van der Waals surface area (Å²) >= 11 is 0. The second-order valence-corrected chi connectivity index (χ2v) is 10.8. The van der Waals surface area contributed by atoms with Gasteiger partial charge in [-0.2, -0.15) is 5.26 Å². The molecule has 1 saturated heterocycles. The predicted molar refractivity (Wildman–Crippen MR) is 148 cm³/mol. The second kappa shape index (κ2) is 9.99. The Labute approximate surface area is 231 Å². The highest BCUT2D eigenvalue weighted by Crippen LogP contribution is 2.39. The van der Waals surface area contributed by atoms with Crippen LogP contribution in [0.1, 0.15) is 45.1 Å². The van der Waals surface area contributed by atoms with Crippen molar-refractivity contribution in [3.05, 3.63) is 66.5 Å². The molecule has 2 atom stereocenters. The van der Waals surface area contributed by atoms with Crippen molar-refractivity contribution in [3.63, 3.8) is 0 Å². The van der Waals surface area contributed by atoms with E-state index in [0.29, 0.717) is 65.3 Å². The molecule has 0 radical (unpaired) electrons. The summed E-state index contributed by atoms with van der Waals surface area (Å²) < 4.78 is 16.9. The number of hydrogen-bond acceptors (Lipinski definition) is 7. The van der Waals surface area contributed by atoms with Crippen molar-refractivity contribution in [2.24, 2.45) is 0 Å². The Balaban J connectivity index is 1.47. The number of nitrogens with zero attached hydrogens (tertiary/aromatic N) is 7. The first-order chi connectivity index (χ1) is 19.3. The maximum atomic E-state index is 15.2. The van der Waals surface area contributed by atoms with Crippen LogP contribution in [-0.2, 0) is 4.79 Å². The van der Waals surface area contributed by atoms with Crippen molar-refractivity contribution in [3.8, 4) is 23.0 Å². The topological polar surface area (TPSA) is 111 Å². The van der Waals surface area contributed by atoms with Crippen LogP contribution in [0.4, 0.5) is 10.2 Å². The van der Waals surface area contributed by atoms with Crippen LogP contribution < -0.4 is 4.90 Å². The van der Waals surface area contributed by atoms with Gasteiger partial charge in [-0.3, -0.25) is 9.36 Å². The molecule has 1 amide bonds. The van der Waals surface area contributed by atoms with Crippen LogP contribution in [-0.4, -0.2) is 66.2 Å². The first kappa shape index (κ1) is 25.9. The quantitative estimate of drug-likeness (QED) is 0.413. The van der Waals surface area contributed by atoms with E-state index in [2.05, 4.69) is 25.9 Å². The SMILES string of the molecule is C[C@@H]1CN(c2ncnc3c2c(-c2ccccc2F)cn3-c2cc(C#N)ccn2)[C@@H](C)CN1C(=O)C1(O)CCCC1. The second-order valence-electron chi connectivity index (χ2n) is 10.8. The number of rotatable bonds is 4. The molecule has 1 aromatic carbocycles. The molecule has 6 rings (SSSR count). The fraction of sp³-hybridized carbons (Fsp3) is 0.367. The Morgan fingerprint density at radius 3 is 2.60 bits per heavy atom. The number of amides is 1. The summed E-state index contributed by atoms with van der Waals surface area (Å²) in [6.07, 6.45) is 7.53. The van der Waals surface area contributed by atoms with E-state index in [1.165, 1.54) is 12.4 Å². The molecule has 1 aliphatic carbocycles.